The van der Waals surface area contributed by atoms with E-state index in [1.807, 2.05) is 0 Å². The van der Waals surface area contributed by atoms with Gasteiger partial charge in [0.25, 0.3) is 5.69 Å². The van der Waals surface area contributed by atoms with E-state index in [1.54, 1.807) is 0 Å². The first-order chi connectivity index (χ1) is 8.00. The molecule has 0 saturated heterocycles. The molecule has 0 aliphatic heterocycles. The Kier molecular flexibility index (Phi) is 2.36. The average molecular weight is 234 g/mol. The van der Waals surface area contributed by atoms with Gasteiger partial charge in [0.15, 0.2) is 0 Å². The second-order valence-electron chi connectivity index (χ2n) is 3.29. The summed E-state index contributed by atoms with van der Waals surface area (Å²) in [7, 11) is 0. The van der Waals surface area contributed by atoms with E-state index < -0.39 is 10.9 Å². The van der Waals surface area contributed by atoms with Crippen molar-refractivity contribution < 1.29 is 19.9 Å². The standard InChI is InChI=1S/C10H6N2O5/c13-8-2-1-7(12(16)17)6-3-5(10(14)15)4-11-9(6)8/h1-4,13H,(H,14,15). The van der Waals surface area contributed by atoms with Gasteiger partial charge in [0.2, 0.25) is 0 Å². The van der Waals surface area contributed by atoms with Crippen LogP contribution in [0.25, 0.3) is 10.9 Å². The molecule has 1 aromatic heterocycles. The Hall–Kier alpha value is -2.70. The number of carbonyl (C=O) groups is 1. The summed E-state index contributed by atoms with van der Waals surface area (Å²) in [4.78, 5) is 24.5. The lowest BCUT2D eigenvalue weighted by atomic mass is 10.1. The minimum absolute atomic E-state index is 0.00389. The van der Waals surface area contributed by atoms with E-state index in [-0.39, 0.29) is 27.9 Å². The number of aromatic carboxylic acids is 1. The third-order valence-corrected chi connectivity index (χ3v) is 2.25. The van der Waals surface area contributed by atoms with Crippen LogP contribution >= 0.6 is 0 Å². The molecule has 7 nitrogen and oxygen atoms in total. The number of nitro benzene ring substituents is 1. The highest BCUT2D eigenvalue weighted by Crippen LogP contribution is 2.31. The average Bonchev–Trinajstić information content (AvgIpc) is 2.28. The van der Waals surface area contributed by atoms with Crippen molar-refractivity contribution in [3.63, 3.8) is 0 Å². The number of aromatic hydroxyl groups is 1. The normalized spacial score (nSPS) is 10.4. The molecule has 2 rings (SSSR count). The lowest BCUT2D eigenvalue weighted by Crippen LogP contribution is -1.98. The highest BCUT2D eigenvalue weighted by atomic mass is 16.6. The lowest BCUT2D eigenvalue weighted by molar-refractivity contribution is -0.383. The zero-order chi connectivity index (χ0) is 12.6. The molecule has 2 aromatic rings. The third-order valence-electron chi connectivity index (χ3n) is 2.25. The van der Waals surface area contributed by atoms with Gasteiger partial charge in [0, 0.05) is 12.3 Å². The van der Waals surface area contributed by atoms with E-state index in [2.05, 4.69) is 4.98 Å². The van der Waals surface area contributed by atoms with Crippen molar-refractivity contribution in [2.75, 3.05) is 0 Å². The Labute approximate surface area is 94.1 Å². The Morgan fingerprint density at radius 2 is 2.12 bits per heavy atom. The Morgan fingerprint density at radius 3 is 2.71 bits per heavy atom. The number of carboxylic acids is 1. The van der Waals surface area contributed by atoms with Crippen LogP contribution in [0.1, 0.15) is 10.4 Å². The first-order valence-corrected chi connectivity index (χ1v) is 4.50. The van der Waals surface area contributed by atoms with Crippen molar-refractivity contribution in [3.8, 4) is 5.75 Å². The minimum Gasteiger partial charge on any atom is -0.506 e. The number of hydrogen-bond acceptors (Lipinski definition) is 5. The maximum atomic E-state index is 10.8. The highest BCUT2D eigenvalue weighted by Gasteiger charge is 2.17. The van der Waals surface area contributed by atoms with Gasteiger partial charge in [0.05, 0.1) is 15.9 Å². The van der Waals surface area contributed by atoms with Gasteiger partial charge in [-0.15, -0.1) is 0 Å². The van der Waals surface area contributed by atoms with Crippen LogP contribution in [-0.4, -0.2) is 26.1 Å². The molecule has 86 valence electrons. The predicted octanol–water partition coefficient (Wildman–Crippen LogP) is 1.55. The fourth-order valence-corrected chi connectivity index (χ4v) is 1.47. The number of pyridine rings is 1. The minimum atomic E-state index is -1.24. The Balaban J connectivity index is 2.85. The smallest absolute Gasteiger partial charge is 0.337 e. The van der Waals surface area contributed by atoms with Crippen molar-refractivity contribution in [1.29, 1.82) is 0 Å². The molecule has 17 heavy (non-hydrogen) atoms. The van der Waals surface area contributed by atoms with Gasteiger partial charge < -0.3 is 10.2 Å². The molecule has 0 unspecified atom stereocenters. The number of non-ortho nitro benzene ring substituents is 1. The number of rotatable bonds is 2. The molecule has 0 bridgehead atoms. The molecular weight excluding hydrogens is 228 g/mol. The van der Waals surface area contributed by atoms with Crippen molar-refractivity contribution in [3.05, 3.63) is 40.1 Å². The number of aromatic nitrogens is 1. The van der Waals surface area contributed by atoms with Crippen LogP contribution in [0.3, 0.4) is 0 Å². The Bertz CT molecular complexity index is 638. The molecule has 0 amide bonds. The van der Waals surface area contributed by atoms with E-state index in [0.717, 1.165) is 24.4 Å². The summed E-state index contributed by atoms with van der Waals surface area (Å²) in [6.45, 7) is 0. The van der Waals surface area contributed by atoms with Crippen molar-refractivity contribution in [2.24, 2.45) is 0 Å². The number of phenolic OH excluding ortho intramolecular Hbond substituents is 1. The fourth-order valence-electron chi connectivity index (χ4n) is 1.47. The maximum absolute atomic E-state index is 10.8. The van der Waals surface area contributed by atoms with E-state index >= 15 is 0 Å². The highest BCUT2D eigenvalue weighted by molar-refractivity contribution is 5.97. The summed E-state index contributed by atoms with van der Waals surface area (Å²) >= 11 is 0. The lowest BCUT2D eigenvalue weighted by Gasteiger charge is -2.02. The van der Waals surface area contributed by atoms with Crippen LogP contribution in [0, 0.1) is 10.1 Å². The van der Waals surface area contributed by atoms with Gasteiger partial charge in [-0.3, -0.25) is 15.1 Å². The molecule has 0 saturated carbocycles. The molecule has 0 atom stereocenters. The van der Waals surface area contributed by atoms with Crippen molar-refractivity contribution in [1.82, 2.24) is 4.98 Å². The number of phenols is 1. The second kappa shape index (κ2) is 3.71. The zero-order valence-corrected chi connectivity index (χ0v) is 8.32. The monoisotopic (exact) mass is 234 g/mol. The van der Waals surface area contributed by atoms with Gasteiger partial charge in [-0.2, -0.15) is 0 Å². The SMILES string of the molecule is O=C(O)c1cnc2c(O)ccc([N+](=O)[O-])c2c1. The molecule has 0 radical (unpaired) electrons. The molecule has 1 aromatic carbocycles. The fraction of sp³-hybridized carbons (Fsp3) is 0. The number of nitro groups is 1. The predicted molar refractivity (Wildman–Crippen MR) is 57.0 cm³/mol. The van der Waals surface area contributed by atoms with Crippen LogP contribution in [-0.2, 0) is 0 Å². The van der Waals surface area contributed by atoms with Crippen LogP contribution < -0.4 is 0 Å². The quantitative estimate of drug-likeness (QED) is 0.601. The van der Waals surface area contributed by atoms with Crippen LogP contribution in [0.15, 0.2) is 24.4 Å². The van der Waals surface area contributed by atoms with E-state index in [4.69, 9.17) is 5.11 Å². The number of fused-ring (bicyclic) bond motifs is 1. The maximum Gasteiger partial charge on any atom is 0.337 e. The van der Waals surface area contributed by atoms with Gasteiger partial charge in [0.1, 0.15) is 11.3 Å². The third kappa shape index (κ3) is 1.73. The topological polar surface area (TPSA) is 114 Å². The largest absolute Gasteiger partial charge is 0.506 e. The first-order valence-electron chi connectivity index (χ1n) is 4.50. The summed E-state index contributed by atoms with van der Waals surface area (Å²) < 4.78 is 0. The summed E-state index contributed by atoms with van der Waals surface area (Å²) in [5.74, 6) is -1.47. The van der Waals surface area contributed by atoms with Gasteiger partial charge >= 0.3 is 5.97 Å². The molecular formula is C10H6N2O5. The molecule has 1 heterocycles. The molecule has 0 aliphatic carbocycles. The van der Waals surface area contributed by atoms with Crippen LogP contribution in [0.2, 0.25) is 0 Å². The Morgan fingerprint density at radius 1 is 1.41 bits per heavy atom. The number of nitrogens with zero attached hydrogens (tertiary/aromatic N) is 2. The van der Waals surface area contributed by atoms with Gasteiger partial charge in [-0.05, 0) is 12.1 Å². The number of carboxylic acid groups (broad SMARTS) is 1. The van der Waals surface area contributed by atoms with E-state index in [1.165, 1.54) is 0 Å². The summed E-state index contributed by atoms with van der Waals surface area (Å²) in [5.41, 5.74) is -0.469. The van der Waals surface area contributed by atoms with E-state index in [0.29, 0.717) is 0 Å². The summed E-state index contributed by atoms with van der Waals surface area (Å²) in [5, 5.41) is 29.0. The van der Waals surface area contributed by atoms with Crippen LogP contribution in [0.5, 0.6) is 5.75 Å². The van der Waals surface area contributed by atoms with E-state index in [9.17, 15) is 20.0 Å². The molecule has 7 heteroatoms. The zero-order valence-electron chi connectivity index (χ0n) is 8.32. The van der Waals surface area contributed by atoms with Crippen molar-refractivity contribution in [2.45, 2.75) is 0 Å². The molecule has 0 spiro atoms. The second-order valence-corrected chi connectivity index (χ2v) is 3.29. The molecule has 0 aliphatic rings. The number of benzene rings is 1. The molecule has 0 fully saturated rings. The van der Waals surface area contributed by atoms with Gasteiger partial charge in [-0.1, -0.05) is 0 Å². The van der Waals surface area contributed by atoms with Crippen LogP contribution in [0.4, 0.5) is 5.69 Å². The molecule has 2 N–H and O–H groups in total. The first kappa shape index (κ1) is 10.8. The number of hydrogen-bond donors (Lipinski definition) is 2. The van der Waals surface area contributed by atoms with Gasteiger partial charge in [-0.25, -0.2) is 4.79 Å². The summed E-state index contributed by atoms with van der Waals surface area (Å²) in [6, 6.07) is 3.36. The summed E-state index contributed by atoms with van der Waals surface area (Å²) in [6.07, 6.45) is 1.04. The van der Waals surface area contributed by atoms with Crippen molar-refractivity contribution >= 4 is 22.6 Å².